The van der Waals surface area contributed by atoms with E-state index in [1.807, 2.05) is 0 Å². The smallest absolute Gasteiger partial charge is 0.336 e. The number of nitrogens with zero attached hydrogens (tertiary/aromatic N) is 4. The molecule has 0 unspecified atom stereocenters. The summed E-state index contributed by atoms with van der Waals surface area (Å²) in [6.45, 7) is 0. The van der Waals surface area contributed by atoms with Crippen molar-refractivity contribution in [2.45, 2.75) is 9.92 Å². The Morgan fingerprint density at radius 1 is 1.30 bits per heavy atom. The SMILES string of the molecule is Cn1ncc2c(Sc3ccccc3C(=O)O)ncnc21. The molecule has 0 bridgehead atoms. The standard InChI is InChI=1S/C13H10N4O2S/c1-17-11-9(6-16-17)12(15-7-14-11)20-10-5-3-2-4-8(10)13(18)19/h2-7H,1H3,(H,18,19). The van der Waals surface area contributed by atoms with Crippen LogP contribution in [0.3, 0.4) is 0 Å². The van der Waals surface area contributed by atoms with E-state index in [4.69, 9.17) is 0 Å². The van der Waals surface area contributed by atoms with Crippen LogP contribution in [-0.2, 0) is 7.05 Å². The van der Waals surface area contributed by atoms with Crippen molar-refractivity contribution >= 4 is 28.8 Å². The van der Waals surface area contributed by atoms with Gasteiger partial charge in [0.2, 0.25) is 0 Å². The predicted octanol–water partition coefficient (Wildman–Crippen LogP) is 2.21. The molecule has 100 valence electrons. The zero-order valence-corrected chi connectivity index (χ0v) is 11.3. The second kappa shape index (κ2) is 4.93. The van der Waals surface area contributed by atoms with Gasteiger partial charge in [-0.25, -0.2) is 14.8 Å². The normalized spacial score (nSPS) is 10.8. The molecule has 0 aliphatic carbocycles. The molecule has 2 heterocycles. The molecule has 7 heteroatoms. The molecule has 0 fully saturated rings. The Bertz CT molecular complexity index is 800. The molecule has 6 nitrogen and oxygen atoms in total. The number of hydrogen-bond acceptors (Lipinski definition) is 5. The molecule has 0 radical (unpaired) electrons. The Kier molecular flexibility index (Phi) is 3.11. The number of carboxylic acids is 1. The molecule has 3 aromatic rings. The van der Waals surface area contributed by atoms with E-state index in [0.29, 0.717) is 9.92 Å². The van der Waals surface area contributed by atoms with Gasteiger partial charge in [-0.1, -0.05) is 23.9 Å². The molecule has 2 aromatic heterocycles. The summed E-state index contributed by atoms with van der Waals surface area (Å²) in [7, 11) is 1.80. The largest absolute Gasteiger partial charge is 0.478 e. The molecule has 0 spiro atoms. The summed E-state index contributed by atoms with van der Waals surface area (Å²) in [5.74, 6) is -0.954. The molecule has 0 atom stereocenters. The van der Waals surface area contributed by atoms with E-state index in [1.54, 1.807) is 42.2 Å². The molecule has 0 saturated heterocycles. The van der Waals surface area contributed by atoms with E-state index < -0.39 is 5.97 Å². The van der Waals surface area contributed by atoms with Gasteiger partial charge in [-0.15, -0.1) is 0 Å². The first kappa shape index (κ1) is 12.6. The lowest BCUT2D eigenvalue weighted by Crippen LogP contribution is -1.98. The van der Waals surface area contributed by atoms with Crippen molar-refractivity contribution in [1.29, 1.82) is 0 Å². The fraction of sp³-hybridized carbons (Fsp3) is 0.0769. The van der Waals surface area contributed by atoms with E-state index in [1.165, 1.54) is 18.1 Å². The summed E-state index contributed by atoms with van der Waals surface area (Å²) in [6, 6.07) is 6.84. The van der Waals surface area contributed by atoms with E-state index in [9.17, 15) is 9.90 Å². The third kappa shape index (κ3) is 2.12. The third-order valence-corrected chi connectivity index (χ3v) is 3.91. The highest BCUT2D eigenvalue weighted by Gasteiger charge is 2.14. The zero-order valence-electron chi connectivity index (χ0n) is 10.5. The monoisotopic (exact) mass is 286 g/mol. The Morgan fingerprint density at radius 2 is 2.10 bits per heavy atom. The minimum Gasteiger partial charge on any atom is -0.478 e. The number of hydrogen-bond donors (Lipinski definition) is 1. The van der Waals surface area contributed by atoms with Crippen molar-refractivity contribution in [3.63, 3.8) is 0 Å². The molecular formula is C13H10N4O2S. The number of fused-ring (bicyclic) bond motifs is 1. The van der Waals surface area contributed by atoms with Crippen molar-refractivity contribution in [2.24, 2.45) is 7.05 Å². The average Bonchev–Trinajstić information content (AvgIpc) is 2.82. The minimum absolute atomic E-state index is 0.258. The summed E-state index contributed by atoms with van der Waals surface area (Å²) in [5, 5.41) is 14.8. The fourth-order valence-electron chi connectivity index (χ4n) is 1.86. The lowest BCUT2D eigenvalue weighted by atomic mass is 10.2. The molecule has 1 aromatic carbocycles. The van der Waals surface area contributed by atoms with Crippen LogP contribution in [0.1, 0.15) is 10.4 Å². The predicted molar refractivity (Wildman–Crippen MR) is 73.8 cm³/mol. The Hall–Kier alpha value is -2.41. The van der Waals surface area contributed by atoms with Gasteiger partial charge in [-0.05, 0) is 12.1 Å². The highest BCUT2D eigenvalue weighted by Crippen LogP contribution is 2.32. The summed E-state index contributed by atoms with van der Waals surface area (Å²) in [4.78, 5) is 20.2. The van der Waals surface area contributed by atoms with Crippen LogP contribution in [0.2, 0.25) is 0 Å². The summed E-state index contributed by atoms with van der Waals surface area (Å²) < 4.78 is 1.66. The molecule has 3 rings (SSSR count). The quantitative estimate of drug-likeness (QED) is 0.743. The van der Waals surface area contributed by atoms with Gasteiger partial charge in [0.25, 0.3) is 0 Å². The maximum atomic E-state index is 11.2. The first-order chi connectivity index (χ1) is 9.66. The second-order valence-electron chi connectivity index (χ2n) is 4.09. The molecular weight excluding hydrogens is 276 g/mol. The van der Waals surface area contributed by atoms with Crippen LogP contribution in [0, 0.1) is 0 Å². The fourth-order valence-corrected chi connectivity index (χ4v) is 2.83. The van der Waals surface area contributed by atoms with Gasteiger partial charge in [-0.3, -0.25) is 4.68 Å². The van der Waals surface area contributed by atoms with Crippen LogP contribution in [0.4, 0.5) is 0 Å². The van der Waals surface area contributed by atoms with E-state index >= 15 is 0 Å². The Labute approximate surface area is 118 Å². The Morgan fingerprint density at radius 3 is 2.90 bits per heavy atom. The van der Waals surface area contributed by atoms with E-state index in [0.717, 1.165) is 11.0 Å². The highest BCUT2D eigenvalue weighted by molar-refractivity contribution is 7.99. The van der Waals surface area contributed by atoms with Crippen molar-refractivity contribution in [3.8, 4) is 0 Å². The molecule has 0 saturated carbocycles. The van der Waals surface area contributed by atoms with Crippen LogP contribution in [0.15, 0.2) is 46.7 Å². The summed E-state index contributed by atoms with van der Waals surface area (Å²) >= 11 is 1.30. The van der Waals surface area contributed by atoms with Gasteiger partial charge < -0.3 is 5.11 Å². The minimum atomic E-state index is -0.954. The summed E-state index contributed by atoms with van der Waals surface area (Å²) in [5.41, 5.74) is 0.975. The van der Waals surface area contributed by atoms with E-state index in [-0.39, 0.29) is 5.56 Å². The van der Waals surface area contributed by atoms with Crippen LogP contribution < -0.4 is 0 Å². The van der Waals surface area contributed by atoms with Crippen LogP contribution >= 0.6 is 11.8 Å². The first-order valence-electron chi connectivity index (χ1n) is 5.79. The van der Waals surface area contributed by atoms with Gasteiger partial charge in [0, 0.05) is 11.9 Å². The van der Waals surface area contributed by atoms with Gasteiger partial charge in [0.15, 0.2) is 5.65 Å². The molecule has 20 heavy (non-hydrogen) atoms. The number of rotatable bonds is 3. The van der Waals surface area contributed by atoms with Crippen molar-refractivity contribution in [2.75, 3.05) is 0 Å². The zero-order chi connectivity index (χ0) is 14.1. The lowest BCUT2D eigenvalue weighted by molar-refractivity contribution is 0.0693. The maximum Gasteiger partial charge on any atom is 0.336 e. The number of aryl methyl sites for hydroxylation is 1. The topological polar surface area (TPSA) is 80.9 Å². The molecule has 0 aliphatic rings. The second-order valence-corrected chi connectivity index (χ2v) is 5.12. The van der Waals surface area contributed by atoms with Crippen LogP contribution in [0.5, 0.6) is 0 Å². The number of benzene rings is 1. The molecule has 1 N–H and O–H groups in total. The van der Waals surface area contributed by atoms with Crippen molar-refractivity contribution < 1.29 is 9.90 Å². The van der Waals surface area contributed by atoms with Gasteiger partial charge in [0.05, 0.1) is 17.1 Å². The third-order valence-electron chi connectivity index (χ3n) is 2.82. The number of carboxylic acid groups (broad SMARTS) is 1. The van der Waals surface area contributed by atoms with E-state index in [2.05, 4.69) is 15.1 Å². The van der Waals surface area contributed by atoms with Crippen LogP contribution in [-0.4, -0.2) is 30.8 Å². The van der Waals surface area contributed by atoms with Crippen molar-refractivity contribution in [1.82, 2.24) is 19.7 Å². The molecule has 0 amide bonds. The summed E-state index contributed by atoms with van der Waals surface area (Å²) in [6.07, 6.45) is 3.14. The number of carbonyl (C=O) groups is 1. The van der Waals surface area contributed by atoms with Gasteiger partial charge >= 0.3 is 5.97 Å². The van der Waals surface area contributed by atoms with Gasteiger partial charge in [-0.2, -0.15) is 5.10 Å². The number of aromatic nitrogens is 4. The highest BCUT2D eigenvalue weighted by atomic mass is 32.2. The lowest BCUT2D eigenvalue weighted by Gasteiger charge is -2.05. The maximum absolute atomic E-state index is 11.2. The Balaban J connectivity index is 2.08. The average molecular weight is 286 g/mol. The molecule has 0 aliphatic heterocycles. The van der Waals surface area contributed by atoms with Gasteiger partial charge in [0.1, 0.15) is 11.4 Å². The van der Waals surface area contributed by atoms with Crippen LogP contribution in [0.25, 0.3) is 11.0 Å². The van der Waals surface area contributed by atoms with Crippen molar-refractivity contribution in [3.05, 3.63) is 42.4 Å². The number of aromatic carboxylic acids is 1. The first-order valence-corrected chi connectivity index (χ1v) is 6.61.